The highest BCUT2D eigenvalue weighted by Gasteiger charge is 2.25. The zero-order valence-corrected chi connectivity index (χ0v) is 18.8. The van der Waals surface area contributed by atoms with Crippen molar-refractivity contribution in [2.24, 2.45) is 5.92 Å². The number of aryl methyl sites for hydroxylation is 2. The third-order valence-electron chi connectivity index (χ3n) is 5.45. The fourth-order valence-electron chi connectivity index (χ4n) is 3.86. The van der Waals surface area contributed by atoms with Gasteiger partial charge in [-0.3, -0.25) is 14.5 Å². The molecule has 1 aromatic heterocycles. The fraction of sp³-hybridized carbons (Fsp3) is 0.435. The smallest absolute Gasteiger partial charge is 0.239 e. The lowest BCUT2D eigenvalue weighted by molar-refractivity contribution is -0.119. The van der Waals surface area contributed by atoms with E-state index in [0.29, 0.717) is 16.5 Å². The molecule has 0 saturated carbocycles. The number of para-hydroxylation sites is 1. The van der Waals surface area contributed by atoms with Gasteiger partial charge in [-0.2, -0.15) is 5.26 Å². The minimum absolute atomic E-state index is 0.0734. The van der Waals surface area contributed by atoms with Crippen LogP contribution in [0.25, 0.3) is 0 Å². The molecule has 0 bridgehead atoms. The molecule has 3 rings (SSSR count). The molecular formula is C23H28N4O2S. The SMILES string of the molecule is Cc1cccc(C)c1NC(=O)CN(C)CC(=O)Nc1sc2c(c1C#N)CC[C@H](C)C2. The number of hydrogen-bond acceptors (Lipinski definition) is 5. The van der Waals surface area contributed by atoms with Crippen molar-refractivity contribution in [2.75, 3.05) is 30.8 Å². The molecule has 158 valence electrons. The predicted molar refractivity (Wildman–Crippen MR) is 121 cm³/mol. The van der Waals surface area contributed by atoms with Crippen LogP contribution in [0.3, 0.4) is 0 Å². The molecule has 1 aromatic carbocycles. The molecular weight excluding hydrogens is 396 g/mol. The number of fused-ring (bicyclic) bond motifs is 1. The quantitative estimate of drug-likeness (QED) is 0.737. The van der Waals surface area contributed by atoms with Crippen molar-refractivity contribution in [3.05, 3.63) is 45.3 Å². The second-order valence-corrected chi connectivity index (χ2v) is 9.31. The average Bonchev–Trinajstić information content (AvgIpc) is 3.00. The van der Waals surface area contributed by atoms with Crippen LogP contribution in [0.2, 0.25) is 0 Å². The molecule has 0 spiro atoms. The zero-order valence-electron chi connectivity index (χ0n) is 18.0. The normalized spacial score (nSPS) is 15.4. The number of hydrogen-bond donors (Lipinski definition) is 2. The summed E-state index contributed by atoms with van der Waals surface area (Å²) in [6, 6.07) is 8.12. The Labute approximate surface area is 181 Å². The Morgan fingerprint density at radius 1 is 1.20 bits per heavy atom. The van der Waals surface area contributed by atoms with Gasteiger partial charge in [-0.25, -0.2) is 0 Å². The first kappa shape index (κ1) is 22.0. The molecule has 7 heteroatoms. The standard InChI is InChI=1S/C23H28N4O2S/c1-14-8-9-17-18(11-24)23(30-19(17)10-14)26-21(29)13-27(4)12-20(28)25-22-15(2)6-5-7-16(22)3/h5-7,14H,8-10,12-13H2,1-4H3,(H,25,28)(H,26,29)/t14-/m0/s1. The first-order valence-electron chi connectivity index (χ1n) is 10.2. The highest BCUT2D eigenvalue weighted by atomic mass is 32.1. The maximum Gasteiger partial charge on any atom is 0.239 e. The number of likely N-dealkylation sites (N-methyl/N-ethyl adjacent to an activating group) is 1. The second kappa shape index (κ2) is 9.41. The zero-order chi connectivity index (χ0) is 21.8. The van der Waals surface area contributed by atoms with Crippen LogP contribution in [-0.2, 0) is 22.4 Å². The summed E-state index contributed by atoms with van der Waals surface area (Å²) >= 11 is 1.51. The van der Waals surface area contributed by atoms with E-state index in [9.17, 15) is 14.9 Å². The molecule has 6 nitrogen and oxygen atoms in total. The van der Waals surface area contributed by atoms with Crippen LogP contribution in [0.15, 0.2) is 18.2 Å². The largest absolute Gasteiger partial charge is 0.324 e. The van der Waals surface area contributed by atoms with E-state index in [1.165, 1.54) is 16.2 Å². The first-order valence-corrected chi connectivity index (χ1v) is 11.0. The van der Waals surface area contributed by atoms with Gasteiger partial charge >= 0.3 is 0 Å². The molecule has 1 aliphatic carbocycles. The minimum Gasteiger partial charge on any atom is -0.324 e. The van der Waals surface area contributed by atoms with Crippen LogP contribution in [-0.4, -0.2) is 36.9 Å². The maximum atomic E-state index is 12.5. The van der Waals surface area contributed by atoms with Gasteiger partial charge in [0.05, 0.1) is 18.7 Å². The van der Waals surface area contributed by atoms with Crippen molar-refractivity contribution >= 4 is 33.8 Å². The van der Waals surface area contributed by atoms with Gasteiger partial charge in [-0.1, -0.05) is 25.1 Å². The number of anilines is 2. The Balaban J connectivity index is 1.58. The van der Waals surface area contributed by atoms with Crippen LogP contribution >= 0.6 is 11.3 Å². The summed E-state index contributed by atoms with van der Waals surface area (Å²) < 4.78 is 0. The summed E-state index contributed by atoms with van der Waals surface area (Å²) in [6.45, 7) is 6.29. The minimum atomic E-state index is -0.222. The van der Waals surface area contributed by atoms with Gasteiger partial charge in [-0.05, 0) is 62.8 Å². The lowest BCUT2D eigenvalue weighted by Gasteiger charge is -2.17. The van der Waals surface area contributed by atoms with Gasteiger partial charge in [0.2, 0.25) is 11.8 Å². The Hall–Kier alpha value is -2.69. The summed E-state index contributed by atoms with van der Waals surface area (Å²) in [6.07, 6.45) is 2.93. The Kier molecular flexibility index (Phi) is 6.91. The van der Waals surface area contributed by atoms with Crippen LogP contribution < -0.4 is 10.6 Å². The molecule has 0 fully saturated rings. The summed E-state index contributed by atoms with van der Waals surface area (Å²) in [4.78, 5) is 27.8. The lowest BCUT2D eigenvalue weighted by atomic mass is 9.89. The van der Waals surface area contributed by atoms with Crippen molar-refractivity contribution in [3.8, 4) is 6.07 Å². The molecule has 0 unspecified atom stereocenters. The Bertz CT molecular complexity index is 985. The van der Waals surface area contributed by atoms with E-state index in [2.05, 4.69) is 23.6 Å². The number of nitrogens with one attached hydrogen (secondary N) is 2. The molecule has 2 amide bonds. The van der Waals surface area contributed by atoms with Gasteiger partial charge in [0.25, 0.3) is 0 Å². The summed E-state index contributed by atoms with van der Waals surface area (Å²) in [5.74, 6) is 0.217. The van der Waals surface area contributed by atoms with E-state index in [-0.39, 0.29) is 24.9 Å². The van der Waals surface area contributed by atoms with Crippen molar-refractivity contribution in [2.45, 2.75) is 40.0 Å². The number of thiophene rings is 1. The molecule has 30 heavy (non-hydrogen) atoms. The molecule has 2 N–H and O–H groups in total. The summed E-state index contributed by atoms with van der Waals surface area (Å²) in [7, 11) is 1.73. The average molecular weight is 425 g/mol. The third-order valence-corrected chi connectivity index (χ3v) is 6.62. The van der Waals surface area contributed by atoms with Crippen molar-refractivity contribution in [1.82, 2.24) is 4.90 Å². The van der Waals surface area contributed by atoms with Gasteiger partial charge in [0, 0.05) is 10.6 Å². The van der Waals surface area contributed by atoms with Crippen LogP contribution in [0, 0.1) is 31.1 Å². The number of benzene rings is 1. The third kappa shape index (κ3) is 5.07. The van der Waals surface area contributed by atoms with Crippen molar-refractivity contribution in [3.63, 3.8) is 0 Å². The molecule has 1 atom stereocenters. The number of nitrogens with zero attached hydrogens (tertiary/aromatic N) is 2. The highest BCUT2D eigenvalue weighted by molar-refractivity contribution is 7.16. The van der Waals surface area contributed by atoms with Gasteiger partial charge in [-0.15, -0.1) is 11.3 Å². The molecule has 0 radical (unpaired) electrons. The monoisotopic (exact) mass is 424 g/mol. The first-order chi connectivity index (χ1) is 14.3. The van der Waals surface area contributed by atoms with Crippen LogP contribution in [0.5, 0.6) is 0 Å². The van der Waals surface area contributed by atoms with E-state index in [0.717, 1.165) is 41.6 Å². The number of carbonyl (C=O) groups is 2. The Morgan fingerprint density at radius 3 is 2.47 bits per heavy atom. The van der Waals surface area contributed by atoms with Crippen LogP contribution in [0.4, 0.5) is 10.7 Å². The van der Waals surface area contributed by atoms with E-state index < -0.39 is 0 Å². The number of nitriles is 1. The predicted octanol–water partition coefficient (Wildman–Crippen LogP) is 3.87. The Morgan fingerprint density at radius 2 is 1.83 bits per heavy atom. The molecule has 0 saturated heterocycles. The molecule has 1 heterocycles. The van der Waals surface area contributed by atoms with Crippen LogP contribution in [0.1, 0.15) is 40.5 Å². The van der Waals surface area contributed by atoms with E-state index in [1.807, 2.05) is 32.0 Å². The van der Waals surface area contributed by atoms with Gasteiger partial charge < -0.3 is 10.6 Å². The molecule has 0 aliphatic heterocycles. The van der Waals surface area contributed by atoms with Gasteiger partial charge in [0.1, 0.15) is 11.1 Å². The van der Waals surface area contributed by atoms with Crippen molar-refractivity contribution in [1.29, 1.82) is 5.26 Å². The van der Waals surface area contributed by atoms with E-state index >= 15 is 0 Å². The van der Waals surface area contributed by atoms with E-state index in [1.54, 1.807) is 11.9 Å². The van der Waals surface area contributed by atoms with Gasteiger partial charge in [0.15, 0.2) is 0 Å². The number of carbonyl (C=O) groups excluding carboxylic acids is 2. The van der Waals surface area contributed by atoms with Crippen molar-refractivity contribution < 1.29 is 9.59 Å². The molecule has 1 aliphatic rings. The number of amides is 2. The fourth-order valence-corrected chi connectivity index (χ4v) is 5.24. The summed E-state index contributed by atoms with van der Waals surface area (Å²) in [5, 5.41) is 16.0. The van der Waals surface area contributed by atoms with E-state index in [4.69, 9.17) is 0 Å². The molecule has 2 aromatic rings. The lowest BCUT2D eigenvalue weighted by Crippen LogP contribution is -2.36. The maximum absolute atomic E-state index is 12.5. The highest BCUT2D eigenvalue weighted by Crippen LogP contribution is 2.39. The second-order valence-electron chi connectivity index (χ2n) is 8.20. The topological polar surface area (TPSA) is 85.2 Å². The summed E-state index contributed by atoms with van der Waals surface area (Å²) in [5.41, 5.74) is 4.52. The number of rotatable bonds is 6.